The zero-order valence-corrected chi connectivity index (χ0v) is 10.5. The number of carbonyl (C=O) groups excluding carboxylic acids is 1. The van der Waals surface area contributed by atoms with E-state index in [9.17, 15) is 4.79 Å². The Balaban J connectivity index is 2.38. The smallest absolute Gasteiger partial charge is 0.407 e. The van der Waals surface area contributed by atoms with Gasteiger partial charge in [0.05, 0.1) is 12.6 Å². The second-order valence-electron chi connectivity index (χ2n) is 5.13. The Labute approximate surface area is 96.9 Å². The number of nitrogens with one attached hydrogen (secondary N) is 2. The van der Waals surface area contributed by atoms with E-state index in [4.69, 9.17) is 9.47 Å². The van der Waals surface area contributed by atoms with Gasteiger partial charge in [-0.05, 0) is 20.8 Å². The lowest BCUT2D eigenvalue weighted by Crippen LogP contribution is -2.44. The van der Waals surface area contributed by atoms with E-state index in [1.165, 1.54) is 0 Å². The molecule has 0 aromatic heterocycles. The Morgan fingerprint density at radius 2 is 2.12 bits per heavy atom. The molecule has 0 radical (unpaired) electrons. The molecule has 0 aromatic rings. The van der Waals surface area contributed by atoms with Gasteiger partial charge < -0.3 is 20.1 Å². The van der Waals surface area contributed by atoms with Gasteiger partial charge in [0.25, 0.3) is 0 Å². The quantitative estimate of drug-likeness (QED) is 0.751. The lowest BCUT2D eigenvalue weighted by molar-refractivity contribution is 0.0480. The summed E-state index contributed by atoms with van der Waals surface area (Å²) in [4.78, 5) is 11.6. The molecule has 2 atom stereocenters. The third-order valence-corrected chi connectivity index (χ3v) is 2.42. The summed E-state index contributed by atoms with van der Waals surface area (Å²) in [6, 6.07) is 0.0924. The van der Waals surface area contributed by atoms with Crippen molar-refractivity contribution in [2.75, 3.05) is 26.8 Å². The highest BCUT2D eigenvalue weighted by Crippen LogP contribution is 2.11. The van der Waals surface area contributed by atoms with E-state index in [2.05, 4.69) is 10.6 Å². The number of methoxy groups -OCH3 is 1. The molecule has 5 heteroatoms. The molecule has 0 aromatic carbocycles. The lowest BCUT2D eigenvalue weighted by atomic mass is 10.1. The van der Waals surface area contributed by atoms with E-state index in [1.807, 2.05) is 20.8 Å². The third kappa shape index (κ3) is 4.37. The fourth-order valence-corrected chi connectivity index (χ4v) is 1.75. The molecule has 1 heterocycles. The first kappa shape index (κ1) is 13.3. The minimum absolute atomic E-state index is 0.0924. The summed E-state index contributed by atoms with van der Waals surface area (Å²) in [5, 5.41) is 6.09. The maximum absolute atomic E-state index is 11.6. The van der Waals surface area contributed by atoms with Gasteiger partial charge in [0.1, 0.15) is 5.60 Å². The molecule has 1 saturated heterocycles. The van der Waals surface area contributed by atoms with Crippen molar-refractivity contribution in [1.29, 1.82) is 0 Å². The lowest BCUT2D eigenvalue weighted by Gasteiger charge is -2.23. The van der Waals surface area contributed by atoms with E-state index in [-0.39, 0.29) is 12.1 Å². The monoisotopic (exact) mass is 230 g/mol. The minimum atomic E-state index is -0.452. The first-order valence-corrected chi connectivity index (χ1v) is 5.61. The molecular formula is C11H22N2O3. The van der Waals surface area contributed by atoms with Crippen molar-refractivity contribution in [3.8, 4) is 0 Å². The second kappa shape index (κ2) is 5.50. The van der Waals surface area contributed by atoms with E-state index in [0.717, 1.165) is 13.1 Å². The predicted molar refractivity (Wildman–Crippen MR) is 61.4 cm³/mol. The molecule has 1 aliphatic rings. The van der Waals surface area contributed by atoms with Gasteiger partial charge in [-0.2, -0.15) is 0 Å². The predicted octanol–water partition coefficient (Wildman–Crippen LogP) is 0.745. The van der Waals surface area contributed by atoms with Crippen LogP contribution in [-0.4, -0.2) is 44.5 Å². The molecular weight excluding hydrogens is 208 g/mol. The second-order valence-corrected chi connectivity index (χ2v) is 5.13. The summed E-state index contributed by atoms with van der Waals surface area (Å²) in [5.74, 6) is 0.317. The van der Waals surface area contributed by atoms with Gasteiger partial charge in [-0.3, -0.25) is 0 Å². The van der Waals surface area contributed by atoms with Gasteiger partial charge in [-0.1, -0.05) is 0 Å². The van der Waals surface area contributed by atoms with Crippen LogP contribution < -0.4 is 10.6 Å². The van der Waals surface area contributed by atoms with Gasteiger partial charge in [0, 0.05) is 26.1 Å². The zero-order chi connectivity index (χ0) is 12.2. The standard InChI is InChI=1S/C11H22N2O3/c1-11(2,3)16-10(14)13-9-6-12-5-8(9)7-15-4/h8-9,12H,5-7H2,1-4H3,(H,13,14). The minimum Gasteiger partial charge on any atom is -0.444 e. The summed E-state index contributed by atoms with van der Waals surface area (Å²) >= 11 is 0. The van der Waals surface area contributed by atoms with Crippen LogP contribution in [0.4, 0.5) is 4.79 Å². The van der Waals surface area contributed by atoms with E-state index in [0.29, 0.717) is 12.5 Å². The normalized spacial score (nSPS) is 25.5. The fourth-order valence-electron chi connectivity index (χ4n) is 1.75. The van der Waals surface area contributed by atoms with Crippen LogP contribution in [0, 0.1) is 5.92 Å². The van der Waals surface area contributed by atoms with Crippen LogP contribution in [0.2, 0.25) is 0 Å². The van der Waals surface area contributed by atoms with Crippen molar-refractivity contribution in [3.05, 3.63) is 0 Å². The molecule has 1 aliphatic heterocycles. The van der Waals surface area contributed by atoms with Gasteiger partial charge in [0.15, 0.2) is 0 Å². The van der Waals surface area contributed by atoms with Crippen LogP contribution in [0.1, 0.15) is 20.8 Å². The number of hydrogen-bond acceptors (Lipinski definition) is 4. The molecule has 5 nitrogen and oxygen atoms in total. The maximum atomic E-state index is 11.6. The van der Waals surface area contributed by atoms with Crippen molar-refractivity contribution < 1.29 is 14.3 Å². The van der Waals surface area contributed by atoms with Crippen molar-refractivity contribution in [1.82, 2.24) is 10.6 Å². The average Bonchev–Trinajstić information content (AvgIpc) is 2.50. The Morgan fingerprint density at radius 1 is 1.44 bits per heavy atom. The summed E-state index contributed by atoms with van der Waals surface area (Å²) in [5.41, 5.74) is -0.452. The van der Waals surface area contributed by atoms with Crippen molar-refractivity contribution in [2.24, 2.45) is 5.92 Å². The molecule has 0 aliphatic carbocycles. The Hall–Kier alpha value is -0.810. The van der Waals surface area contributed by atoms with Gasteiger partial charge >= 0.3 is 6.09 Å². The highest BCUT2D eigenvalue weighted by atomic mass is 16.6. The summed E-state index contributed by atoms with van der Waals surface area (Å²) in [7, 11) is 1.67. The Bertz CT molecular complexity index is 238. The molecule has 94 valence electrons. The summed E-state index contributed by atoms with van der Waals surface area (Å²) in [6.45, 7) is 7.85. The van der Waals surface area contributed by atoms with Crippen LogP contribution in [0.5, 0.6) is 0 Å². The molecule has 2 N–H and O–H groups in total. The Morgan fingerprint density at radius 3 is 2.69 bits per heavy atom. The van der Waals surface area contributed by atoms with Crippen molar-refractivity contribution in [3.63, 3.8) is 0 Å². The average molecular weight is 230 g/mol. The van der Waals surface area contributed by atoms with Crippen LogP contribution >= 0.6 is 0 Å². The summed E-state index contributed by atoms with van der Waals surface area (Å²) < 4.78 is 10.3. The zero-order valence-electron chi connectivity index (χ0n) is 10.5. The molecule has 16 heavy (non-hydrogen) atoms. The van der Waals surface area contributed by atoms with Crippen LogP contribution in [0.3, 0.4) is 0 Å². The number of amides is 1. The van der Waals surface area contributed by atoms with E-state index in [1.54, 1.807) is 7.11 Å². The molecule has 0 bridgehead atoms. The van der Waals surface area contributed by atoms with E-state index < -0.39 is 5.60 Å². The van der Waals surface area contributed by atoms with Gasteiger partial charge in [-0.25, -0.2) is 4.79 Å². The van der Waals surface area contributed by atoms with E-state index >= 15 is 0 Å². The number of hydrogen-bond donors (Lipinski definition) is 2. The fraction of sp³-hybridized carbons (Fsp3) is 0.909. The molecule has 1 fully saturated rings. The topological polar surface area (TPSA) is 59.6 Å². The first-order chi connectivity index (χ1) is 7.42. The SMILES string of the molecule is COCC1CNCC1NC(=O)OC(C)(C)C. The van der Waals surface area contributed by atoms with Gasteiger partial charge in [-0.15, -0.1) is 0 Å². The first-order valence-electron chi connectivity index (χ1n) is 5.61. The number of ether oxygens (including phenoxy) is 2. The molecule has 2 unspecified atom stereocenters. The highest BCUT2D eigenvalue weighted by molar-refractivity contribution is 5.68. The highest BCUT2D eigenvalue weighted by Gasteiger charge is 2.29. The molecule has 0 spiro atoms. The van der Waals surface area contributed by atoms with Crippen LogP contribution in [-0.2, 0) is 9.47 Å². The summed E-state index contributed by atoms with van der Waals surface area (Å²) in [6.07, 6.45) is -0.359. The molecule has 1 amide bonds. The van der Waals surface area contributed by atoms with Crippen LogP contribution in [0.15, 0.2) is 0 Å². The van der Waals surface area contributed by atoms with Crippen molar-refractivity contribution in [2.45, 2.75) is 32.4 Å². The Kier molecular flexibility index (Phi) is 4.56. The molecule has 1 rings (SSSR count). The molecule has 0 saturated carbocycles. The number of rotatable bonds is 3. The van der Waals surface area contributed by atoms with Crippen molar-refractivity contribution >= 4 is 6.09 Å². The van der Waals surface area contributed by atoms with Crippen LogP contribution in [0.25, 0.3) is 0 Å². The maximum Gasteiger partial charge on any atom is 0.407 e. The number of carbonyl (C=O) groups is 1. The number of alkyl carbamates (subject to hydrolysis) is 1. The largest absolute Gasteiger partial charge is 0.444 e. The third-order valence-electron chi connectivity index (χ3n) is 2.42. The van der Waals surface area contributed by atoms with Gasteiger partial charge in [0.2, 0.25) is 0 Å².